The molecule has 5 heteroatoms. The van der Waals surface area contributed by atoms with E-state index in [4.69, 9.17) is 33.0 Å². The van der Waals surface area contributed by atoms with Crippen LogP contribution in [0.2, 0.25) is 10.0 Å². The molecule has 1 rings (SSSR count). The van der Waals surface area contributed by atoms with Gasteiger partial charge in [-0.3, -0.25) is 0 Å². The second-order valence-corrected chi connectivity index (χ2v) is 3.87. The van der Waals surface area contributed by atoms with Crippen molar-refractivity contribution in [2.75, 3.05) is 7.11 Å². The Morgan fingerprint density at radius 1 is 1.47 bits per heavy atom. The molecule has 15 heavy (non-hydrogen) atoms. The number of rotatable bonds is 3. The molecule has 0 aliphatic carbocycles. The number of aromatic carboxylic acids is 1. The van der Waals surface area contributed by atoms with E-state index in [1.54, 1.807) is 6.92 Å². The molecule has 3 nitrogen and oxygen atoms in total. The summed E-state index contributed by atoms with van der Waals surface area (Å²) in [4.78, 5) is 10.9. The summed E-state index contributed by atoms with van der Waals surface area (Å²) in [6.07, 6.45) is 0. The average Bonchev–Trinajstić information content (AvgIpc) is 2.11. The fourth-order valence-corrected chi connectivity index (χ4v) is 2.06. The van der Waals surface area contributed by atoms with Gasteiger partial charge in [0.25, 0.3) is 0 Å². The van der Waals surface area contributed by atoms with Crippen molar-refractivity contribution >= 4 is 29.2 Å². The normalized spacial score (nSPS) is 10.4. The molecular weight excluding hydrogens is 239 g/mol. The fraction of sp³-hybridized carbons (Fsp3) is 0.300. The molecule has 1 N–H and O–H groups in total. The Balaban J connectivity index is 3.42. The van der Waals surface area contributed by atoms with Gasteiger partial charge in [0.05, 0.1) is 17.2 Å². The highest BCUT2D eigenvalue weighted by Crippen LogP contribution is 2.30. The van der Waals surface area contributed by atoms with Crippen LogP contribution in [0.4, 0.5) is 0 Å². The van der Waals surface area contributed by atoms with Crippen molar-refractivity contribution in [3.63, 3.8) is 0 Å². The number of hydrogen-bond acceptors (Lipinski definition) is 2. The van der Waals surface area contributed by atoms with Gasteiger partial charge in [-0.1, -0.05) is 23.2 Å². The minimum atomic E-state index is -1.06. The molecular formula is C10H10Cl2O3. The third-order valence-corrected chi connectivity index (χ3v) is 2.75. The van der Waals surface area contributed by atoms with Crippen molar-refractivity contribution in [1.82, 2.24) is 0 Å². The summed E-state index contributed by atoms with van der Waals surface area (Å²) >= 11 is 11.7. The number of methoxy groups -OCH3 is 1. The monoisotopic (exact) mass is 248 g/mol. The minimum Gasteiger partial charge on any atom is -0.478 e. The van der Waals surface area contributed by atoms with Crippen molar-refractivity contribution in [2.24, 2.45) is 0 Å². The number of benzene rings is 1. The Bertz CT molecular complexity index is 402. The maximum Gasteiger partial charge on any atom is 0.337 e. The topological polar surface area (TPSA) is 46.5 Å². The van der Waals surface area contributed by atoms with E-state index in [2.05, 4.69) is 0 Å². The summed E-state index contributed by atoms with van der Waals surface area (Å²) in [5.41, 5.74) is 1.27. The average molecular weight is 249 g/mol. The quantitative estimate of drug-likeness (QED) is 0.894. The molecule has 0 radical (unpaired) electrons. The van der Waals surface area contributed by atoms with Crippen molar-refractivity contribution < 1.29 is 14.6 Å². The molecule has 0 aromatic heterocycles. The maximum atomic E-state index is 10.9. The van der Waals surface area contributed by atoms with Gasteiger partial charge in [0.1, 0.15) is 0 Å². The molecule has 82 valence electrons. The van der Waals surface area contributed by atoms with Gasteiger partial charge < -0.3 is 9.84 Å². The van der Waals surface area contributed by atoms with E-state index in [1.165, 1.54) is 13.2 Å². The highest BCUT2D eigenvalue weighted by Gasteiger charge is 2.17. The van der Waals surface area contributed by atoms with Crippen molar-refractivity contribution in [1.29, 1.82) is 0 Å². The Morgan fingerprint density at radius 2 is 2.07 bits per heavy atom. The third kappa shape index (κ3) is 2.43. The summed E-state index contributed by atoms with van der Waals surface area (Å²) in [7, 11) is 1.52. The molecule has 0 amide bonds. The lowest BCUT2D eigenvalue weighted by Crippen LogP contribution is -2.05. The molecule has 0 bridgehead atoms. The predicted octanol–water partition coefficient (Wildman–Crippen LogP) is 3.15. The van der Waals surface area contributed by atoms with Gasteiger partial charge in [0, 0.05) is 17.7 Å². The van der Waals surface area contributed by atoms with E-state index in [0.717, 1.165) is 0 Å². The molecule has 1 aromatic rings. The summed E-state index contributed by atoms with van der Waals surface area (Å²) in [5, 5.41) is 9.53. The zero-order valence-electron chi connectivity index (χ0n) is 8.30. The molecule has 0 spiro atoms. The first-order valence-corrected chi connectivity index (χ1v) is 4.94. The van der Waals surface area contributed by atoms with Crippen LogP contribution in [0, 0.1) is 6.92 Å². The lowest BCUT2D eigenvalue weighted by molar-refractivity contribution is 0.0696. The van der Waals surface area contributed by atoms with Gasteiger partial charge >= 0.3 is 5.97 Å². The maximum absolute atomic E-state index is 10.9. The van der Waals surface area contributed by atoms with E-state index in [9.17, 15) is 4.79 Å². The first kappa shape index (κ1) is 12.3. The highest BCUT2D eigenvalue weighted by atomic mass is 35.5. The second kappa shape index (κ2) is 4.84. The van der Waals surface area contributed by atoms with Gasteiger partial charge in [0.2, 0.25) is 0 Å². The van der Waals surface area contributed by atoms with Gasteiger partial charge in [-0.25, -0.2) is 4.79 Å². The summed E-state index contributed by atoms with van der Waals surface area (Å²) in [6.45, 7) is 1.93. The van der Waals surface area contributed by atoms with Gasteiger partial charge in [-0.15, -0.1) is 0 Å². The zero-order valence-corrected chi connectivity index (χ0v) is 9.82. The fourth-order valence-electron chi connectivity index (χ4n) is 1.36. The Labute approximate surface area is 97.6 Å². The van der Waals surface area contributed by atoms with Crippen LogP contribution in [0.1, 0.15) is 21.5 Å². The highest BCUT2D eigenvalue weighted by molar-refractivity contribution is 6.37. The molecule has 0 heterocycles. The predicted molar refractivity (Wildman–Crippen MR) is 58.9 cm³/mol. The Kier molecular flexibility index (Phi) is 3.97. The lowest BCUT2D eigenvalue weighted by Gasteiger charge is -2.11. The van der Waals surface area contributed by atoms with E-state index in [0.29, 0.717) is 16.1 Å². The molecule has 0 aliphatic heterocycles. The van der Waals surface area contributed by atoms with E-state index in [-0.39, 0.29) is 17.2 Å². The number of carboxylic acids is 1. The van der Waals surface area contributed by atoms with Crippen molar-refractivity contribution in [2.45, 2.75) is 13.5 Å². The Hall–Kier alpha value is -0.770. The van der Waals surface area contributed by atoms with Crippen LogP contribution >= 0.6 is 23.2 Å². The van der Waals surface area contributed by atoms with E-state index in [1.807, 2.05) is 0 Å². The number of halogens is 2. The standard InChI is InChI=1S/C10H10Cl2O3/c1-5-6(4-15-2)7(11)3-8(12)9(5)10(13)14/h3H,4H2,1-2H3,(H,13,14). The largest absolute Gasteiger partial charge is 0.478 e. The van der Waals surface area contributed by atoms with Gasteiger partial charge in [-0.2, -0.15) is 0 Å². The Morgan fingerprint density at radius 3 is 2.53 bits per heavy atom. The lowest BCUT2D eigenvalue weighted by atomic mass is 10.0. The molecule has 0 saturated carbocycles. The van der Waals surface area contributed by atoms with Crippen LogP contribution in [-0.2, 0) is 11.3 Å². The second-order valence-electron chi connectivity index (χ2n) is 3.06. The minimum absolute atomic E-state index is 0.0770. The molecule has 1 aromatic carbocycles. The van der Waals surface area contributed by atoms with Crippen LogP contribution in [0.25, 0.3) is 0 Å². The van der Waals surface area contributed by atoms with Crippen LogP contribution in [0.5, 0.6) is 0 Å². The summed E-state index contributed by atoms with van der Waals surface area (Å²) in [5.74, 6) is -1.06. The molecule has 0 fully saturated rings. The van der Waals surface area contributed by atoms with Crippen molar-refractivity contribution in [3.8, 4) is 0 Å². The van der Waals surface area contributed by atoms with Gasteiger partial charge in [0.15, 0.2) is 0 Å². The first-order chi connectivity index (χ1) is 6.99. The number of hydrogen-bond donors (Lipinski definition) is 1. The molecule has 0 aliphatic rings. The summed E-state index contributed by atoms with van der Waals surface area (Å²) in [6, 6.07) is 1.42. The van der Waals surface area contributed by atoms with Crippen LogP contribution in [0.15, 0.2) is 6.07 Å². The molecule has 0 saturated heterocycles. The summed E-state index contributed by atoms with van der Waals surface area (Å²) < 4.78 is 4.94. The third-order valence-electron chi connectivity index (χ3n) is 2.11. The van der Waals surface area contributed by atoms with Gasteiger partial charge in [-0.05, 0) is 18.6 Å². The van der Waals surface area contributed by atoms with Crippen molar-refractivity contribution in [3.05, 3.63) is 32.8 Å². The number of ether oxygens (including phenoxy) is 1. The first-order valence-electron chi connectivity index (χ1n) is 4.18. The SMILES string of the molecule is COCc1c(Cl)cc(Cl)c(C(=O)O)c1C. The van der Waals surface area contributed by atoms with Crippen LogP contribution in [0.3, 0.4) is 0 Å². The molecule has 0 atom stereocenters. The molecule has 0 unspecified atom stereocenters. The van der Waals surface area contributed by atoms with Crippen LogP contribution < -0.4 is 0 Å². The number of carboxylic acid groups (broad SMARTS) is 1. The van der Waals surface area contributed by atoms with E-state index < -0.39 is 5.97 Å². The van der Waals surface area contributed by atoms with Crippen LogP contribution in [-0.4, -0.2) is 18.2 Å². The van der Waals surface area contributed by atoms with E-state index >= 15 is 0 Å². The number of carbonyl (C=O) groups is 1. The smallest absolute Gasteiger partial charge is 0.337 e. The zero-order chi connectivity index (χ0) is 11.6.